The van der Waals surface area contributed by atoms with E-state index in [1.165, 1.54) is 19.0 Å². The Balaban J connectivity index is 1.31. The van der Waals surface area contributed by atoms with Crippen LogP contribution in [-0.4, -0.2) is 72.2 Å². The van der Waals surface area contributed by atoms with Gasteiger partial charge in [-0.25, -0.2) is 4.98 Å². The molecule has 0 amide bonds. The third-order valence-electron chi connectivity index (χ3n) is 8.00. The number of rotatable bonds is 4. The minimum absolute atomic E-state index is 0.0989. The molecular formula is C23H31F3N6O. The van der Waals surface area contributed by atoms with Crippen LogP contribution >= 0.6 is 0 Å². The van der Waals surface area contributed by atoms with Gasteiger partial charge in [0.1, 0.15) is 0 Å². The largest absolute Gasteiger partial charge is 0.573 e. The van der Waals surface area contributed by atoms with Crippen LogP contribution < -0.4 is 15.8 Å². The molecule has 1 unspecified atom stereocenters. The maximum Gasteiger partial charge on any atom is 0.573 e. The fraction of sp³-hybridized carbons (Fsp3) is 0.652. The highest BCUT2D eigenvalue weighted by molar-refractivity contribution is 6.07. The first-order chi connectivity index (χ1) is 15.6. The molecule has 0 radical (unpaired) electrons. The first-order valence-electron chi connectivity index (χ1n) is 11.6. The number of hydrogen-bond acceptors (Lipinski definition) is 7. The SMILES string of the molecule is CC1C[C@]23C[C@@H](N4CCN(C)CC4)C[C@H]2[C@@H]3/C(=C/C(=N)c2cnc(N)c(OC(F)(F)F)c2)N1. The molecule has 5 rings (SSSR count). The molecule has 2 aliphatic carbocycles. The summed E-state index contributed by atoms with van der Waals surface area (Å²) < 4.78 is 41.9. The van der Waals surface area contributed by atoms with Crippen LogP contribution in [0.1, 0.15) is 31.7 Å². The van der Waals surface area contributed by atoms with Gasteiger partial charge in [0.25, 0.3) is 0 Å². The Bertz CT molecular complexity index is 973. The number of alkyl halides is 3. The van der Waals surface area contributed by atoms with Crippen LogP contribution in [0.15, 0.2) is 24.0 Å². The van der Waals surface area contributed by atoms with Crippen LogP contribution in [0.4, 0.5) is 19.0 Å². The van der Waals surface area contributed by atoms with Gasteiger partial charge in [-0.1, -0.05) is 0 Å². The van der Waals surface area contributed by atoms with Gasteiger partial charge in [0.2, 0.25) is 0 Å². The van der Waals surface area contributed by atoms with Crippen molar-refractivity contribution in [2.75, 3.05) is 39.0 Å². The van der Waals surface area contributed by atoms with Crippen LogP contribution in [0.2, 0.25) is 0 Å². The molecule has 5 atom stereocenters. The number of anilines is 1. The second-order valence-electron chi connectivity index (χ2n) is 10.2. The van der Waals surface area contributed by atoms with E-state index in [9.17, 15) is 13.2 Å². The standard InChI is InChI=1S/C23H31F3N6O/c1-13-10-22-11-15(32-5-3-31(2)4-6-32)8-16(22)20(22)18(30-13)9-17(27)14-7-19(21(28)29-12-14)33-23(24,25)26/h7,9,12-13,15-16,20,27,30H,3-6,8,10-11H2,1-2H3,(H2,28,29)/b18-9-,27-17?/t13?,15-,16-,20+,22-/m0/s1. The minimum atomic E-state index is -4.87. The van der Waals surface area contributed by atoms with Crippen molar-refractivity contribution in [2.45, 2.75) is 44.6 Å². The number of pyridine rings is 1. The number of fused-ring (bicyclic) bond motifs is 1. The van der Waals surface area contributed by atoms with Crippen molar-refractivity contribution >= 4 is 11.5 Å². The molecule has 33 heavy (non-hydrogen) atoms. The molecule has 7 nitrogen and oxygen atoms in total. The highest BCUT2D eigenvalue weighted by atomic mass is 19.4. The highest BCUT2D eigenvalue weighted by Crippen LogP contribution is 2.74. The predicted octanol–water partition coefficient (Wildman–Crippen LogP) is 2.84. The molecular weight excluding hydrogens is 433 g/mol. The molecule has 10 heteroatoms. The summed E-state index contributed by atoms with van der Waals surface area (Å²) >= 11 is 0. The molecule has 1 aromatic rings. The van der Waals surface area contributed by atoms with E-state index in [0.717, 1.165) is 44.4 Å². The Morgan fingerprint density at radius 3 is 2.73 bits per heavy atom. The maximum atomic E-state index is 12.7. The van der Waals surface area contributed by atoms with Gasteiger partial charge in [0.05, 0.1) is 5.71 Å². The lowest BCUT2D eigenvalue weighted by molar-refractivity contribution is -0.274. The second-order valence-corrected chi connectivity index (χ2v) is 10.2. The third kappa shape index (κ3) is 4.19. The molecule has 2 saturated carbocycles. The number of ether oxygens (including phenoxy) is 1. The highest BCUT2D eigenvalue weighted by Gasteiger charge is 2.71. The average Bonchev–Trinajstić information content (AvgIpc) is 3.19. The van der Waals surface area contributed by atoms with Crippen molar-refractivity contribution in [1.82, 2.24) is 20.1 Å². The molecule has 0 aromatic carbocycles. The summed E-state index contributed by atoms with van der Waals surface area (Å²) in [6, 6.07) is 2.06. The number of nitrogens with zero attached hydrogens (tertiary/aromatic N) is 3. The molecule has 0 bridgehead atoms. The fourth-order valence-corrected chi connectivity index (χ4v) is 6.57. The van der Waals surface area contributed by atoms with E-state index in [4.69, 9.17) is 11.1 Å². The number of likely N-dealkylation sites (N-methyl/N-ethyl adjacent to an activating group) is 1. The number of piperazine rings is 1. The molecule has 3 heterocycles. The smallest absolute Gasteiger partial charge is 0.402 e. The minimum Gasteiger partial charge on any atom is -0.402 e. The number of nitrogen functional groups attached to an aromatic ring is 1. The average molecular weight is 465 g/mol. The number of halogens is 3. The quantitative estimate of drug-likeness (QED) is 0.594. The van der Waals surface area contributed by atoms with Gasteiger partial charge >= 0.3 is 6.36 Å². The molecule has 4 N–H and O–H groups in total. The molecule has 2 aliphatic heterocycles. The zero-order chi connectivity index (χ0) is 23.5. The van der Waals surface area contributed by atoms with Gasteiger partial charge in [-0.15, -0.1) is 13.2 Å². The van der Waals surface area contributed by atoms with Crippen molar-refractivity contribution in [3.05, 3.63) is 29.6 Å². The summed E-state index contributed by atoms with van der Waals surface area (Å²) in [5.74, 6) is 0.0622. The van der Waals surface area contributed by atoms with Crippen LogP contribution in [0.3, 0.4) is 0 Å². The number of aromatic nitrogens is 1. The van der Waals surface area contributed by atoms with E-state index >= 15 is 0 Å². The number of hydrogen-bond donors (Lipinski definition) is 3. The van der Waals surface area contributed by atoms with Crippen molar-refractivity contribution < 1.29 is 17.9 Å². The number of nitrogens with two attached hydrogens (primary N) is 1. The first-order valence-corrected chi connectivity index (χ1v) is 11.6. The van der Waals surface area contributed by atoms with E-state index in [1.807, 2.05) is 0 Å². The monoisotopic (exact) mass is 464 g/mol. The van der Waals surface area contributed by atoms with Gasteiger partial charge in [0, 0.05) is 61.6 Å². The fourth-order valence-electron chi connectivity index (χ4n) is 6.57. The Morgan fingerprint density at radius 2 is 2.03 bits per heavy atom. The van der Waals surface area contributed by atoms with Crippen LogP contribution in [-0.2, 0) is 0 Å². The normalized spacial score (nSPS) is 35.6. The van der Waals surface area contributed by atoms with E-state index in [2.05, 4.69) is 38.8 Å². The van der Waals surface area contributed by atoms with Crippen LogP contribution in [0, 0.1) is 22.7 Å². The Hall–Kier alpha value is -2.33. The van der Waals surface area contributed by atoms with E-state index in [-0.39, 0.29) is 22.5 Å². The van der Waals surface area contributed by atoms with Crippen molar-refractivity contribution in [1.29, 1.82) is 5.41 Å². The zero-order valence-corrected chi connectivity index (χ0v) is 19.0. The lowest BCUT2D eigenvalue weighted by Gasteiger charge is -2.39. The molecule has 2 saturated heterocycles. The Kier molecular flexibility index (Phi) is 5.36. The van der Waals surface area contributed by atoms with E-state index < -0.39 is 12.1 Å². The first kappa shape index (κ1) is 22.5. The van der Waals surface area contributed by atoms with E-state index in [1.54, 1.807) is 6.08 Å². The van der Waals surface area contributed by atoms with Crippen LogP contribution in [0.25, 0.3) is 0 Å². The topological polar surface area (TPSA) is 90.5 Å². The van der Waals surface area contributed by atoms with Gasteiger partial charge in [-0.05, 0) is 56.7 Å². The predicted molar refractivity (Wildman–Crippen MR) is 119 cm³/mol. The summed E-state index contributed by atoms with van der Waals surface area (Å²) in [7, 11) is 2.17. The lowest BCUT2D eigenvalue weighted by Crippen LogP contribution is -2.49. The number of nitrogens with one attached hydrogen (secondary N) is 2. The van der Waals surface area contributed by atoms with Crippen LogP contribution in [0.5, 0.6) is 5.75 Å². The van der Waals surface area contributed by atoms with Crippen molar-refractivity contribution in [2.24, 2.45) is 17.3 Å². The Morgan fingerprint density at radius 1 is 1.30 bits per heavy atom. The third-order valence-corrected chi connectivity index (χ3v) is 8.00. The molecule has 4 aliphatic rings. The number of allylic oxidation sites excluding steroid dienone is 2. The summed E-state index contributed by atoms with van der Waals surface area (Å²) in [5.41, 5.74) is 7.18. The van der Waals surface area contributed by atoms with Crippen molar-refractivity contribution in [3.63, 3.8) is 0 Å². The van der Waals surface area contributed by atoms with Gasteiger partial charge in [-0.2, -0.15) is 0 Å². The number of piperidine rings is 1. The Labute approximate surface area is 191 Å². The molecule has 1 aromatic heterocycles. The zero-order valence-electron chi connectivity index (χ0n) is 19.0. The second kappa shape index (κ2) is 7.87. The lowest BCUT2D eigenvalue weighted by atomic mass is 9.85. The van der Waals surface area contributed by atoms with E-state index in [0.29, 0.717) is 23.9 Å². The summed E-state index contributed by atoms with van der Waals surface area (Å²) in [6.07, 6.45) is 1.71. The molecule has 1 spiro atoms. The van der Waals surface area contributed by atoms with Gasteiger partial charge in [-0.3, -0.25) is 4.90 Å². The summed E-state index contributed by atoms with van der Waals surface area (Å²) in [4.78, 5) is 8.83. The maximum absolute atomic E-state index is 12.7. The van der Waals surface area contributed by atoms with Crippen molar-refractivity contribution in [3.8, 4) is 5.75 Å². The van der Waals surface area contributed by atoms with Gasteiger partial charge < -0.3 is 26.1 Å². The van der Waals surface area contributed by atoms with Gasteiger partial charge in [0.15, 0.2) is 11.6 Å². The molecule has 180 valence electrons. The summed E-state index contributed by atoms with van der Waals surface area (Å²) in [5, 5.41) is 12.1. The molecule has 4 fully saturated rings. The summed E-state index contributed by atoms with van der Waals surface area (Å²) in [6.45, 7) is 6.66.